The van der Waals surface area contributed by atoms with Gasteiger partial charge in [0.05, 0.1) is 27.4 Å². The Kier molecular flexibility index (Phi) is 8.02. The molecule has 1 aliphatic rings. The van der Waals surface area contributed by atoms with Gasteiger partial charge in [-0.15, -0.1) is 0 Å². The van der Waals surface area contributed by atoms with Crippen molar-refractivity contribution in [1.82, 2.24) is 10.2 Å². The third-order valence-electron chi connectivity index (χ3n) is 4.81. The molecule has 0 aliphatic carbocycles. The van der Waals surface area contributed by atoms with Crippen LogP contribution in [0.2, 0.25) is 5.02 Å². The number of nitrogens with zero attached hydrogens (tertiary/aromatic N) is 1. The lowest BCUT2D eigenvalue weighted by Gasteiger charge is -2.18. The van der Waals surface area contributed by atoms with Gasteiger partial charge in [-0.1, -0.05) is 11.6 Å². The van der Waals surface area contributed by atoms with Crippen molar-refractivity contribution in [2.24, 2.45) is 0 Å². The minimum absolute atomic E-state index is 0.0612. The Balaban J connectivity index is 1.89. The van der Waals surface area contributed by atoms with Gasteiger partial charge in [0.2, 0.25) is 5.76 Å². The van der Waals surface area contributed by atoms with Gasteiger partial charge in [0.1, 0.15) is 11.5 Å². The maximum absolute atomic E-state index is 12.9. The number of esters is 2. The lowest BCUT2D eigenvalue weighted by Crippen LogP contribution is -2.30. The van der Waals surface area contributed by atoms with Gasteiger partial charge >= 0.3 is 18.0 Å². The molecule has 1 aliphatic heterocycles. The molecule has 12 heteroatoms. The van der Waals surface area contributed by atoms with E-state index in [0.29, 0.717) is 0 Å². The van der Waals surface area contributed by atoms with Crippen molar-refractivity contribution in [2.75, 3.05) is 20.8 Å². The molecule has 2 aromatic rings. The van der Waals surface area contributed by atoms with Crippen molar-refractivity contribution in [3.63, 3.8) is 0 Å². The topological polar surface area (TPSA) is 134 Å². The van der Waals surface area contributed by atoms with E-state index in [4.69, 9.17) is 30.2 Å². The number of amides is 3. The van der Waals surface area contributed by atoms with Gasteiger partial charge in [-0.3, -0.25) is 9.69 Å². The summed E-state index contributed by atoms with van der Waals surface area (Å²) >= 11 is 6.19. The van der Waals surface area contributed by atoms with Crippen LogP contribution < -0.4 is 14.8 Å². The molecule has 0 saturated carbocycles. The van der Waals surface area contributed by atoms with E-state index in [9.17, 15) is 19.2 Å². The van der Waals surface area contributed by atoms with Gasteiger partial charge in [-0.2, -0.15) is 0 Å². The second kappa shape index (κ2) is 11.0. The van der Waals surface area contributed by atoms with Crippen LogP contribution in [0.15, 0.2) is 34.4 Å². The Bertz CT molecular complexity index is 1190. The number of hydrogen-bond acceptors (Lipinski definition) is 9. The first-order valence-corrected chi connectivity index (χ1v) is 10.8. The van der Waals surface area contributed by atoms with Crippen molar-refractivity contribution < 1.29 is 42.5 Å². The summed E-state index contributed by atoms with van der Waals surface area (Å²) in [4.78, 5) is 50.0. The third-order valence-corrected chi connectivity index (χ3v) is 5.02. The zero-order valence-electron chi connectivity index (χ0n) is 19.4. The number of rotatable bonds is 9. The minimum Gasteiger partial charge on any atom is -0.493 e. The Morgan fingerprint density at radius 3 is 2.63 bits per heavy atom. The van der Waals surface area contributed by atoms with Gasteiger partial charge in [-0.05, 0) is 38.1 Å². The number of imide groups is 1. The SMILES string of the molecule is CCOC(=O)[C@@H](C)Oc1c(/C=C2/NC(=O)N(Cc3ccc(C(=O)OC)o3)C2=O)cc(Cl)cc1OC. The molecular formula is C23H23ClN2O9. The van der Waals surface area contributed by atoms with E-state index in [1.165, 1.54) is 51.5 Å². The molecule has 2 heterocycles. The fraction of sp³-hybridized carbons (Fsp3) is 0.304. The Labute approximate surface area is 205 Å². The molecule has 1 fully saturated rings. The number of ether oxygens (including phenoxy) is 4. The van der Waals surface area contributed by atoms with Crippen molar-refractivity contribution in [2.45, 2.75) is 26.5 Å². The number of furan rings is 1. The molecule has 11 nitrogen and oxygen atoms in total. The van der Waals surface area contributed by atoms with Crippen LogP contribution in [0, 0.1) is 0 Å². The second-order valence-corrected chi connectivity index (χ2v) is 7.61. The van der Waals surface area contributed by atoms with E-state index in [0.717, 1.165) is 4.90 Å². The number of carbonyl (C=O) groups excluding carboxylic acids is 4. The van der Waals surface area contributed by atoms with Gasteiger partial charge in [0, 0.05) is 16.7 Å². The predicted molar refractivity (Wildman–Crippen MR) is 122 cm³/mol. The first kappa shape index (κ1) is 25.6. The number of hydrogen-bond donors (Lipinski definition) is 1. The molecule has 1 atom stereocenters. The highest BCUT2D eigenvalue weighted by Gasteiger charge is 2.35. The summed E-state index contributed by atoms with van der Waals surface area (Å²) in [7, 11) is 2.59. The van der Waals surface area contributed by atoms with Crippen LogP contribution in [0.3, 0.4) is 0 Å². The van der Waals surface area contributed by atoms with Gasteiger partial charge in [0.25, 0.3) is 5.91 Å². The minimum atomic E-state index is -0.990. The van der Waals surface area contributed by atoms with E-state index < -0.39 is 30.0 Å². The number of halogens is 1. The second-order valence-electron chi connectivity index (χ2n) is 7.18. The Morgan fingerprint density at radius 1 is 1.23 bits per heavy atom. The molecule has 186 valence electrons. The molecule has 3 rings (SSSR count). The Morgan fingerprint density at radius 2 is 1.97 bits per heavy atom. The van der Waals surface area contributed by atoms with Gasteiger partial charge in [-0.25, -0.2) is 14.4 Å². The highest BCUT2D eigenvalue weighted by atomic mass is 35.5. The van der Waals surface area contributed by atoms with Crippen molar-refractivity contribution in [3.8, 4) is 11.5 Å². The molecular weight excluding hydrogens is 484 g/mol. The van der Waals surface area contributed by atoms with Crippen LogP contribution in [-0.2, 0) is 25.6 Å². The molecule has 1 N–H and O–H groups in total. The van der Waals surface area contributed by atoms with Crippen molar-refractivity contribution >= 4 is 41.6 Å². The smallest absolute Gasteiger partial charge is 0.373 e. The number of methoxy groups -OCH3 is 2. The number of urea groups is 1. The largest absolute Gasteiger partial charge is 0.493 e. The number of benzene rings is 1. The predicted octanol–water partition coefficient (Wildman–Crippen LogP) is 3.15. The summed E-state index contributed by atoms with van der Waals surface area (Å²) in [6.45, 7) is 3.12. The van der Waals surface area contributed by atoms with Crippen LogP contribution in [0.5, 0.6) is 11.5 Å². The lowest BCUT2D eigenvalue weighted by atomic mass is 10.1. The van der Waals surface area contributed by atoms with Crippen LogP contribution >= 0.6 is 11.6 Å². The van der Waals surface area contributed by atoms with Crippen molar-refractivity contribution in [3.05, 3.63) is 52.1 Å². The standard InChI is InChI=1S/C23H23ClN2O9/c1-5-33-21(28)12(2)34-19-13(8-14(24)10-18(19)31-3)9-16-20(27)26(23(30)25-16)11-15-6-7-17(35-15)22(29)32-4/h6-10,12H,5,11H2,1-4H3,(H,25,30)/b16-9+/t12-/m1/s1. The molecule has 0 spiro atoms. The molecule has 1 aromatic carbocycles. The molecule has 1 aromatic heterocycles. The van der Waals surface area contributed by atoms with Crippen LogP contribution in [0.1, 0.15) is 35.7 Å². The maximum Gasteiger partial charge on any atom is 0.373 e. The average Bonchev–Trinajstić information content (AvgIpc) is 3.40. The van der Waals surface area contributed by atoms with E-state index >= 15 is 0 Å². The first-order valence-electron chi connectivity index (χ1n) is 10.4. The highest BCUT2D eigenvalue weighted by Crippen LogP contribution is 2.37. The summed E-state index contributed by atoms with van der Waals surface area (Å²) in [5.41, 5.74) is 0.203. The summed E-state index contributed by atoms with van der Waals surface area (Å²) in [6, 6.07) is 5.10. The summed E-state index contributed by atoms with van der Waals surface area (Å²) < 4.78 is 26.0. The lowest BCUT2D eigenvalue weighted by molar-refractivity contribution is -0.150. The van der Waals surface area contributed by atoms with E-state index in [1.807, 2.05) is 0 Å². The molecule has 1 saturated heterocycles. The zero-order chi connectivity index (χ0) is 25.7. The zero-order valence-corrected chi connectivity index (χ0v) is 20.1. The van der Waals surface area contributed by atoms with Crippen molar-refractivity contribution in [1.29, 1.82) is 0 Å². The summed E-state index contributed by atoms with van der Waals surface area (Å²) in [6.07, 6.45) is 0.361. The van der Waals surface area contributed by atoms with E-state index in [-0.39, 0.29) is 52.5 Å². The summed E-state index contributed by atoms with van der Waals surface area (Å²) in [5, 5.41) is 2.75. The van der Waals surface area contributed by atoms with E-state index in [1.54, 1.807) is 6.92 Å². The fourth-order valence-corrected chi connectivity index (χ4v) is 3.37. The molecule has 3 amide bonds. The monoisotopic (exact) mass is 506 g/mol. The van der Waals surface area contributed by atoms with Crippen LogP contribution in [0.4, 0.5) is 4.79 Å². The van der Waals surface area contributed by atoms with Gasteiger partial charge < -0.3 is 28.7 Å². The number of nitrogens with one attached hydrogen (secondary N) is 1. The third kappa shape index (κ3) is 5.75. The van der Waals surface area contributed by atoms with Crippen LogP contribution in [-0.4, -0.2) is 55.7 Å². The average molecular weight is 507 g/mol. The normalized spacial score (nSPS) is 15.1. The summed E-state index contributed by atoms with van der Waals surface area (Å²) in [5.74, 6) is -1.47. The molecule has 0 bridgehead atoms. The quantitative estimate of drug-likeness (QED) is 0.309. The van der Waals surface area contributed by atoms with E-state index in [2.05, 4.69) is 10.1 Å². The van der Waals surface area contributed by atoms with Crippen LogP contribution in [0.25, 0.3) is 6.08 Å². The number of carbonyl (C=O) groups is 4. The molecule has 35 heavy (non-hydrogen) atoms. The molecule has 0 radical (unpaired) electrons. The maximum atomic E-state index is 12.9. The highest BCUT2D eigenvalue weighted by molar-refractivity contribution is 6.31. The first-order chi connectivity index (χ1) is 16.7. The Hall–Kier alpha value is -3.99. The fourth-order valence-electron chi connectivity index (χ4n) is 3.16. The van der Waals surface area contributed by atoms with Gasteiger partial charge in [0.15, 0.2) is 17.6 Å². The molecule has 0 unspecified atom stereocenters.